The number of halogens is 1. The number of benzene rings is 3. The summed E-state index contributed by atoms with van der Waals surface area (Å²) < 4.78 is 5.38. The van der Waals surface area contributed by atoms with Crippen LogP contribution in [0.15, 0.2) is 85.3 Å². The third-order valence-corrected chi connectivity index (χ3v) is 12.5. The zero-order valence-corrected chi connectivity index (χ0v) is 28.9. The third kappa shape index (κ3) is 5.88. The quantitative estimate of drug-likeness (QED) is 0.146. The number of carbonyl (C=O) groups is 4. The molecule has 2 fully saturated rings. The Labute approximate surface area is 293 Å². The molecule has 4 amide bonds. The van der Waals surface area contributed by atoms with Crippen LogP contribution in [0.1, 0.15) is 63.4 Å². The number of imide groups is 2. The Morgan fingerprint density at radius 1 is 0.898 bits per heavy atom. The van der Waals surface area contributed by atoms with Crippen molar-refractivity contribution < 1.29 is 40.7 Å². The fourth-order valence-electron chi connectivity index (χ4n) is 6.94. The molecule has 5 aromatic rings. The molecule has 2 aromatic heterocycles. The van der Waals surface area contributed by atoms with Crippen molar-refractivity contribution in [1.29, 1.82) is 0 Å². The van der Waals surface area contributed by atoms with E-state index in [1.165, 1.54) is 11.1 Å². The standard InChI is InChI=1S/C37H33IN7O4/c1-22-4-2-5-25(20-22)30-21-40-33(34-39-16-19-44(30)34)41-26-10-8-23(9-11-26)24-14-17-43(18-15-24)38-28-7-3-6-27-32(28)37(49)45(36(27)48)29-12-13-31(46)42-35(29)47/h2-11,16,19-21,24,29H,12-15,17-18H2,1H3,(H,40,41)(H,42,46,47)/q-1. The van der Waals surface area contributed by atoms with Crippen LogP contribution in [0.25, 0.3) is 16.9 Å². The van der Waals surface area contributed by atoms with Gasteiger partial charge in [-0.15, -0.1) is 0 Å². The van der Waals surface area contributed by atoms with Crippen LogP contribution in [0.2, 0.25) is 0 Å². The molecular weight excluding hydrogens is 733 g/mol. The van der Waals surface area contributed by atoms with Crippen molar-refractivity contribution in [3.63, 3.8) is 0 Å². The SMILES string of the molecule is Cc1cccc(-c2cnc(Nc3ccc(C4CCN([I-]c5cccc6c5C(=O)N(C5CCC(=O)NC5=O)C6=O)CC4)cc3)c3nccn23)c1. The van der Waals surface area contributed by atoms with Crippen LogP contribution >= 0.6 is 0 Å². The van der Waals surface area contributed by atoms with Crippen LogP contribution in [-0.2, 0) is 9.59 Å². The number of rotatable bonds is 7. The number of nitrogens with zero attached hydrogens (tertiary/aromatic N) is 5. The predicted molar refractivity (Wildman–Crippen MR) is 178 cm³/mol. The van der Waals surface area contributed by atoms with Crippen molar-refractivity contribution in [3.05, 3.63) is 111 Å². The second-order valence-corrected chi connectivity index (χ2v) is 15.6. The molecule has 0 spiro atoms. The molecule has 2 saturated heterocycles. The van der Waals surface area contributed by atoms with Crippen LogP contribution in [0.3, 0.4) is 0 Å². The summed E-state index contributed by atoms with van der Waals surface area (Å²) in [5.74, 6) is -0.742. The van der Waals surface area contributed by atoms with Gasteiger partial charge >= 0.3 is 234 Å². The van der Waals surface area contributed by atoms with E-state index in [1.54, 1.807) is 12.3 Å². The molecule has 0 bridgehead atoms. The Balaban J connectivity index is 0.910. The molecule has 11 nitrogen and oxygen atoms in total. The Bertz CT molecular complexity index is 2140. The molecular formula is C37H33IN7O4-. The van der Waals surface area contributed by atoms with Crippen molar-refractivity contribution in [3.8, 4) is 11.3 Å². The first-order chi connectivity index (χ1) is 23.8. The number of hydrogen-bond acceptors (Lipinski definition) is 8. The summed E-state index contributed by atoms with van der Waals surface area (Å²) in [7, 11) is 0. The molecule has 12 heteroatoms. The number of carbonyl (C=O) groups excluding carboxylic acids is 4. The summed E-state index contributed by atoms with van der Waals surface area (Å²) >= 11 is -0.703. The molecule has 1 unspecified atom stereocenters. The summed E-state index contributed by atoms with van der Waals surface area (Å²) in [4.78, 5) is 61.3. The molecule has 0 radical (unpaired) electrons. The van der Waals surface area contributed by atoms with Gasteiger partial charge in [-0.25, -0.2) is 0 Å². The molecule has 248 valence electrons. The van der Waals surface area contributed by atoms with Gasteiger partial charge in [-0.3, -0.25) is 0 Å². The van der Waals surface area contributed by atoms with Crippen molar-refractivity contribution in [1.82, 2.24) is 27.7 Å². The first-order valence-corrected chi connectivity index (χ1v) is 18.4. The maximum atomic E-state index is 13.5. The minimum absolute atomic E-state index is 0.104. The number of anilines is 2. The maximum absolute atomic E-state index is 13.5. The number of fused-ring (bicyclic) bond motifs is 2. The molecule has 3 aliphatic rings. The van der Waals surface area contributed by atoms with Crippen molar-refractivity contribution in [2.45, 2.75) is 44.6 Å². The first kappa shape index (κ1) is 31.3. The fraction of sp³-hybridized carbons (Fsp3) is 0.243. The minimum Gasteiger partial charge on any atom is -0.0499 e. The molecule has 3 aliphatic heterocycles. The Morgan fingerprint density at radius 2 is 1.69 bits per heavy atom. The topological polar surface area (TPSA) is 129 Å². The van der Waals surface area contributed by atoms with E-state index in [1.807, 2.05) is 30.6 Å². The minimum atomic E-state index is -0.957. The first-order valence-electron chi connectivity index (χ1n) is 16.3. The second-order valence-electron chi connectivity index (χ2n) is 12.6. The van der Waals surface area contributed by atoms with Crippen LogP contribution in [0.5, 0.6) is 0 Å². The van der Waals surface area contributed by atoms with Gasteiger partial charge in [0.05, 0.1) is 5.69 Å². The monoisotopic (exact) mass is 766 g/mol. The molecule has 49 heavy (non-hydrogen) atoms. The average Bonchev–Trinajstić information content (AvgIpc) is 3.70. The normalized spacial score (nSPS) is 18.7. The number of nitrogens with one attached hydrogen (secondary N) is 2. The van der Waals surface area contributed by atoms with E-state index in [4.69, 9.17) is 4.98 Å². The van der Waals surface area contributed by atoms with E-state index in [0.717, 1.165) is 57.0 Å². The molecule has 1 atom stereocenters. The van der Waals surface area contributed by atoms with Gasteiger partial charge in [-0.1, -0.05) is 23.8 Å². The van der Waals surface area contributed by atoms with Crippen LogP contribution in [-0.4, -0.2) is 65.1 Å². The Hall–Kier alpha value is -4.95. The molecule has 8 rings (SSSR count). The number of aromatic nitrogens is 3. The van der Waals surface area contributed by atoms with E-state index in [0.29, 0.717) is 22.9 Å². The molecule has 5 heterocycles. The predicted octanol–water partition coefficient (Wildman–Crippen LogP) is 1.90. The van der Waals surface area contributed by atoms with Gasteiger partial charge in [-0.05, 0) is 13.0 Å². The van der Waals surface area contributed by atoms with Gasteiger partial charge in [-0.2, -0.15) is 0 Å². The van der Waals surface area contributed by atoms with Gasteiger partial charge in [0.15, 0.2) is 0 Å². The summed E-state index contributed by atoms with van der Waals surface area (Å²) in [6.07, 6.45) is 7.86. The third-order valence-electron chi connectivity index (χ3n) is 9.45. The number of imidazole rings is 1. The zero-order valence-electron chi connectivity index (χ0n) is 26.7. The van der Waals surface area contributed by atoms with Crippen LogP contribution in [0.4, 0.5) is 11.5 Å². The second kappa shape index (κ2) is 12.8. The van der Waals surface area contributed by atoms with E-state index in [9.17, 15) is 19.2 Å². The molecule has 0 saturated carbocycles. The fourth-order valence-corrected chi connectivity index (χ4v) is 9.84. The van der Waals surface area contributed by atoms with E-state index in [2.05, 4.69) is 72.5 Å². The smallest absolute Gasteiger partial charge is 0.0499 e. The number of hydrogen-bond donors (Lipinski definition) is 2. The van der Waals surface area contributed by atoms with Crippen molar-refractivity contribution in [2.24, 2.45) is 0 Å². The summed E-state index contributed by atoms with van der Waals surface area (Å²) in [6.45, 7) is 3.88. The molecule has 2 N–H and O–H groups in total. The van der Waals surface area contributed by atoms with Gasteiger partial charge in [0.25, 0.3) is 0 Å². The van der Waals surface area contributed by atoms with Gasteiger partial charge in [0, 0.05) is 18.0 Å². The Kier molecular flexibility index (Phi) is 8.20. The van der Waals surface area contributed by atoms with E-state index in [-0.39, 0.29) is 18.7 Å². The number of amides is 4. The Morgan fingerprint density at radius 3 is 2.47 bits per heavy atom. The summed E-state index contributed by atoms with van der Waals surface area (Å²) in [6, 6.07) is 21.4. The molecule has 0 aliphatic carbocycles. The van der Waals surface area contributed by atoms with Crippen molar-refractivity contribution in [2.75, 3.05) is 18.4 Å². The number of aryl methyl sites for hydroxylation is 1. The summed E-state index contributed by atoms with van der Waals surface area (Å²) in [5, 5.41) is 5.72. The van der Waals surface area contributed by atoms with Gasteiger partial charge < -0.3 is 0 Å². The van der Waals surface area contributed by atoms with Crippen LogP contribution < -0.4 is 32.1 Å². The van der Waals surface area contributed by atoms with E-state index < -0.39 is 45.2 Å². The van der Waals surface area contributed by atoms with Crippen LogP contribution in [0, 0.1) is 10.5 Å². The van der Waals surface area contributed by atoms with Crippen molar-refractivity contribution >= 4 is 40.8 Å². The molecule has 3 aromatic carbocycles. The summed E-state index contributed by atoms with van der Waals surface area (Å²) in [5.41, 5.74) is 7.02. The van der Waals surface area contributed by atoms with E-state index >= 15 is 0 Å². The van der Waals surface area contributed by atoms with Gasteiger partial charge in [0.2, 0.25) is 0 Å². The zero-order chi connectivity index (χ0) is 33.6. The average molecular weight is 767 g/mol. The van der Waals surface area contributed by atoms with Gasteiger partial charge in [0.1, 0.15) is 0 Å². The number of piperidine rings is 2.